The van der Waals surface area contributed by atoms with Gasteiger partial charge in [0.05, 0.1) is 12.5 Å². The highest BCUT2D eigenvalue weighted by molar-refractivity contribution is 5.75. The van der Waals surface area contributed by atoms with Gasteiger partial charge in [0.25, 0.3) is 0 Å². The smallest absolute Gasteiger partial charge is 0.309 e. The fraction of sp³-hybridized carbons (Fsp3) is 0.316. The van der Waals surface area contributed by atoms with Gasteiger partial charge in [-0.1, -0.05) is 12.1 Å². The minimum absolute atomic E-state index is 0.0452. The molecule has 0 bridgehead atoms. The summed E-state index contributed by atoms with van der Waals surface area (Å²) in [6.45, 7) is 0.610. The Morgan fingerprint density at radius 2 is 1.64 bits per heavy atom. The largest absolute Gasteiger partial charge is 0.504 e. The highest BCUT2D eigenvalue weighted by Gasteiger charge is 2.37. The van der Waals surface area contributed by atoms with Gasteiger partial charge < -0.3 is 24.4 Å². The number of aromatic hydroxyl groups is 2. The topological polar surface area (TPSA) is 85.2 Å². The molecule has 0 spiro atoms. The van der Waals surface area contributed by atoms with Gasteiger partial charge in [-0.2, -0.15) is 0 Å². The number of carbonyl (C=O) groups is 1. The quantitative estimate of drug-likeness (QED) is 0.656. The lowest BCUT2D eigenvalue weighted by atomic mass is 9.85. The van der Waals surface area contributed by atoms with Crippen LogP contribution in [0.3, 0.4) is 0 Å². The van der Waals surface area contributed by atoms with Crippen molar-refractivity contribution in [2.45, 2.75) is 12.8 Å². The van der Waals surface area contributed by atoms with E-state index in [1.165, 1.54) is 12.1 Å². The van der Waals surface area contributed by atoms with Crippen molar-refractivity contribution in [2.75, 3.05) is 13.4 Å². The second-order valence-electron chi connectivity index (χ2n) is 6.42. The van der Waals surface area contributed by atoms with Gasteiger partial charge in [0.2, 0.25) is 6.79 Å². The molecule has 0 saturated carbocycles. The highest BCUT2D eigenvalue weighted by atomic mass is 16.7. The minimum Gasteiger partial charge on any atom is -0.504 e. The monoisotopic (exact) mass is 342 g/mol. The first kappa shape index (κ1) is 15.6. The zero-order valence-electron chi connectivity index (χ0n) is 13.5. The summed E-state index contributed by atoms with van der Waals surface area (Å²) in [6.07, 6.45) is 1.15. The Hall–Kier alpha value is -2.89. The third kappa shape index (κ3) is 3.07. The lowest BCUT2D eigenvalue weighted by molar-refractivity contribution is -0.141. The summed E-state index contributed by atoms with van der Waals surface area (Å²) < 4.78 is 16.0. The van der Waals surface area contributed by atoms with Crippen molar-refractivity contribution < 1.29 is 29.2 Å². The number of esters is 1. The van der Waals surface area contributed by atoms with Gasteiger partial charge in [-0.15, -0.1) is 0 Å². The van der Waals surface area contributed by atoms with Gasteiger partial charge in [-0.25, -0.2) is 0 Å². The molecule has 2 unspecified atom stereocenters. The zero-order valence-corrected chi connectivity index (χ0v) is 13.5. The summed E-state index contributed by atoms with van der Waals surface area (Å²) in [5, 5.41) is 19.1. The molecule has 2 atom stereocenters. The Balaban J connectivity index is 1.50. The molecule has 25 heavy (non-hydrogen) atoms. The van der Waals surface area contributed by atoms with Crippen LogP contribution in [-0.4, -0.2) is 29.6 Å². The molecular formula is C19H18O6. The Kier molecular flexibility index (Phi) is 3.87. The van der Waals surface area contributed by atoms with Crippen molar-refractivity contribution >= 4 is 5.97 Å². The van der Waals surface area contributed by atoms with Gasteiger partial charge >= 0.3 is 5.97 Å². The lowest BCUT2D eigenvalue weighted by Gasteiger charge is -2.16. The number of benzene rings is 2. The average Bonchev–Trinajstić information content (AvgIpc) is 3.19. The lowest BCUT2D eigenvalue weighted by Crippen LogP contribution is -2.20. The van der Waals surface area contributed by atoms with Gasteiger partial charge in [0.15, 0.2) is 23.0 Å². The van der Waals surface area contributed by atoms with Crippen molar-refractivity contribution in [1.29, 1.82) is 0 Å². The van der Waals surface area contributed by atoms with Crippen LogP contribution in [0.15, 0.2) is 36.4 Å². The van der Waals surface area contributed by atoms with E-state index in [9.17, 15) is 15.0 Å². The van der Waals surface area contributed by atoms with Crippen molar-refractivity contribution in [3.8, 4) is 23.0 Å². The average molecular weight is 342 g/mol. The second-order valence-corrected chi connectivity index (χ2v) is 6.42. The highest BCUT2D eigenvalue weighted by Crippen LogP contribution is 2.36. The van der Waals surface area contributed by atoms with E-state index in [1.807, 2.05) is 18.2 Å². The van der Waals surface area contributed by atoms with E-state index in [4.69, 9.17) is 14.2 Å². The molecule has 2 aromatic rings. The van der Waals surface area contributed by atoms with Crippen LogP contribution in [0.2, 0.25) is 0 Å². The third-order valence-electron chi connectivity index (χ3n) is 4.74. The SMILES string of the molecule is O=C1OCC(Cc2ccc3c(c2)OCO3)C1Cc1ccc(O)c(O)c1. The maximum absolute atomic E-state index is 12.1. The number of ether oxygens (including phenoxy) is 3. The van der Waals surface area contributed by atoms with Crippen molar-refractivity contribution in [2.24, 2.45) is 11.8 Å². The Bertz CT molecular complexity index is 816. The molecule has 0 aromatic heterocycles. The summed E-state index contributed by atoms with van der Waals surface area (Å²) in [5.74, 6) is 0.642. The van der Waals surface area contributed by atoms with Crippen molar-refractivity contribution in [1.82, 2.24) is 0 Å². The number of hydrogen-bond acceptors (Lipinski definition) is 6. The molecular weight excluding hydrogens is 324 g/mol. The van der Waals surface area contributed by atoms with E-state index in [0.717, 1.165) is 22.6 Å². The number of fused-ring (bicyclic) bond motifs is 1. The molecule has 2 aliphatic heterocycles. The Morgan fingerprint density at radius 1 is 0.880 bits per heavy atom. The number of hydrogen-bond donors (Lipinski definition) is 2. The first-order valence-corrected chi connectivity index (χ1v) is 8.16. The number of carbonyl (C=O) groups excluding carboxylic acids is 1. The minimum atomic E-state index is -0.283. The first-order valence-electron chi connectivity index (χ1n) is 8.16. The molecule has 0 aliphatic carbocycles. The van der Waals surface area contributed by atoms with Crippen LogP contribution in [0, 0.1) is 11.8 Å². The van der Waals surface area contributed by atoms with Gasteiger partial charge in [0, 0.05) is 5.92 Å². The van der Waals surface area contributed by atoms with Crippen LogP contribution in [-0.2, 0) is 22.4 Å². The zero-order chi connectivity index (χ0) is 17.4. The van der Waals surface area contributed by atoms with Crippen LogP contribution in [0.4, 0.5) is 0 Å². The van der Waals surface area contributed by atoms with E-state index in [2.05, 4.69) is 0 Å². The summed E-state index contributed by atoms with van der Waals surface area (Å²) in [5.41, 5.74) is 1.85. The molecule has 2 aromatic carbocycles. The maximum atomic E-state index is 12.1. The fourth-order valence-electron chi connectivity index (χ4n) is 3.38. The van der Waals surface area contributed by atoms with Crippen LogP contribution >= 0.6 is 0 Å². The molecule has 2 N–H and O–H groups in total. The Morgan fingerprint density at radius 3 is 2.48 bits per heavy atom. The second kappa shape index (κ2) is 6.20. The number of rotatable bonds is 4. The van der Waals surface area contributed by atoms with Gasteiger partial charge in [-0.05, 0) is 48.2 Å². The van der Waals surface area contributed by atoms with Gasteiger partial charge in [0.1, 0.15) is 0 Å². The summed E-state index contributed by atoms with van der Waals surface area (Å²) in [4.78, 5) is 12.1. The van der Waals surface area contributed by atoms with Crippen LogP contribution in [0.25, 0.3) is 0 Å². The number of phenols is 2. The van der Waals surface area contributed by atoms with E-state index >= 15 is 0 Å². The molecule has 0 radical (unpaired) electrons. The van der Waals surface area contributed by atoms with E-state index in [0.29, 0.717) is 19.4 Å². The molecule has 2 heterocycles. The molecule has 4 rings (SSSR count). The molecule has 1 saturated heterocycles. The van der Waals surface area contributed by atoms with Crippen molar-refractivity contribution in [3.63, 3.8) is 0 Å². The number of phenolic OH excluding ortho intramolecular Hbond substituents is 2. The molecule has 6 nitrogen and oxygen atoms in total. The summed E-state index contributed by atoms with van der Waals surface area (Å²) >= 11 is 0. The predicted octanol–water partition coefficient (Wildman–Crippen LogP) is 2.40. The molecule has 6 heteroatoms. The normalized spacial score (nSPS) is 21.4. The molecule has 1 fully saturated rings. The fourth-order valence-corrected chi connectivity index (χ4v) is 3.38. The van der Waals surface area contributed by atoms with E-state index in [1.54, 1.807) is 6.07 Å². The molecule has 130 valence electrons. The first-order chi connectivity index (χ1) is 12.1. The molecule has 0 amide bonds. The Labute approximate surface area is 144 Å². The summed E-state index contributed by atoms with van der Waals surface area (Å²) in [7, 11) is 0. The third-order valence-corrected chi connectivity index (χ3v) is 4.74. The van der Waals surface area contributed by atoms with E-state index < -0.39 is 0 Å². The standard InChI is InChI=1S/C19H18O6/c20-15-3-1-12(7-16(15)21)6-14-13(9-23-19(14)22)5-11-2-4-17-18(8-11)25-10-24-17/h1-4,7-8,13-14,20-21H,5-6,9-10H2. The summed E-state index contributed by atoms with van der Waals surface area (Å²) in [6, 6.07) is 10.4. The maximum Gasteiger partial charge on any atom is 0.309 e. The van der Waals surface area contributed by atoms with Crippen molar-refractivity contribution in [3.05, 3.63) is 47.5 Å². The number of cyclic esters (lactones) is 1. The van der Waals surface area contributed by atoms with Crippen LogP contribution in [0.5, 0.6) is 23.0 Å². The van der Waals surface area contributed by atoms with Crippen LogP contribution in [0.1, 0.15) is 11.1 Å². The van der Waals surface area contributed by atoms with Crippen LogP contribution < -0.4 is 9.47 Å². The predicted molar refractivity (Wildman–Crippen MR) is 87.7 cm³/mol. The van der Waals surface area contributed by atoms with Gasteiger partial charge in [-0.3, -0.25) is 4.79 Å². The molecule has 2 aliphatic rings. The van der Waals surface area contributed by atoms with E-state index in [-0.39, 0.29) is 36.1 Å².